The highest BCUT2D eigenvalue weighted by atomic mass is 16.5. The number of benzene rings is 1. The molecule has 0 unspecified atom stereocenters. The molecule has 2 rings (SSSR count). The van der Waals surface area contributed by atoms with Gasteiger partial charge >= 0.3 is 5.97 Å². The Labute approximate surface area is 116 Å². The Bertz CT molecular complexity index is 592. The van der Waals surface area contributed by atoms with E-state index in [-0.39, 0.29) is 18.9 Å². The van der Waals surface area contributed by atoms with E-state index in [0.29, 0.717) is 23.0 Å². The summed E-state index contributed by atoms with van der Waals surface area (Å²) in [4.78, 5) is 14.9. The summed E-state index contributed by atoms with van der Waals surface area (Å²) in [6, 6.07) is 6.95. The molecule has 0 amide bonds. The van der Waals surface area contributed by atoms with Gasteiger partial charge in [0.05, 0.1) is 6.42 Å². The largest absolute Gasteiger partial charge is 0.485 e. The van der Waals surface area contributed by atoms with E-state index in [0.717, 1.165) is 0 Å². The van der Waals surface area contributed by atoms with Gasteiger partial charge in [0.1, 0.15) is 5.75 Å². The summed E-state index contributed by atoms with van der Waals surface area (Å²) in [7, 11) is 0. The van der Waals surface area contributed by atoms with Crippen LogP contribution in [0, 0.1) is 0 Å². The molecule has 0 fully saturated rings. The SMILES string of the molecule is CC(C)c1nc(COc2cccc(CC(=O)O)c2)no1. The van der Waals surface area contributed by atoms with Crippen LogP contribution in [0.3, 0.4) is 0 Å². The number of hydrogen-bond acceptors (Lipinski definition) is 5. The van der Waals surface area contributed by atoms with Gasteiger partial charge in [-0.1, -0.05) is 31.1 Å². The summed E-state index contributed by atoms with van der Waals surface area (Å²) in [6.45, 7) is 4.12. The number of aromatic nitrogens is 2. The van der Waals surface area contributed by atoms with Gasteiger partial charge in [-0.25, -0.2) is 0 Å². The van der Waals surface area contributed by atoms with Gasteiger partial charge in [0, 0.05) is 5.92 Å². The van der Waals surface area contributed by atoms with Crippen molar-refractivity contribution >= 4 is 5.97 Å². The van der Waals surface area contributed by atoms with Crippen LogP contribution in [-0.2, 0) is 17.8 Å². The van der Waals surface area contributed by atoms with Crippen molar-refractivity contribution in [3.8, 4) is 5.75 Å². The van der Waals surface area contributed by atoms with Crippen LogP contribution in [0.4, 0.5) is 0 Å². The monoisotopic (exact) mass is 276 g/mol. The van der Waals surface area contributed by atoms with E-state index in [2.05, 4.69) is 10.1 Å². The Morgan fingerprint density at radius 3 is 2.90 bits per heavy atom. The fourth-order valence-corrected chi connectivity index (χ4v) is 1.63. The van der Waals surface area contributed by atoms with Crippen molar-refractivity contribution in [2.75, 3.05) is 0 Å². The van der Waals surface area contributed by atoms with E-state index in [1.165, 1.54) is 0 Å². The number of ether oxygens (including phenoxy) is 1. The van der Waals surface area contributed by atoms with E-state index in [1.807, 2.05) is 13.8 Å². The predicted molar refractivity (Wildman–Crippen MR) is 70.5 cm³/mol. The Kier molecular flexibility index (Phi) is 4.34. The summed E-state index contributed by atoms with van der Waals surface area (Å²) >= 11 is 0. The van der Waals surface area contributed by atoms with E-state index in [1.54, 1.807) is 24.3 Å². The van der Waals surface area contributed by atoms with Crippen LogP contribution in [0.2, 0.25) is 0 Å². The highest BCUT2D eigenvalue weighted by Gasteiger charge is 2.10. The second-order valence-electron chi connectivity index (χ2n) is 4.71. The summed E-state index contributed by atoms with van der Waals surface area (Å²) in [5.41, 5.74) is 0.686. The van der Waals surface area contributed by atoms with E-state index < -0.39 is 5.97 Å². The molecule has 1 N–H and O–H groups in total. The molecule has 1 aromatic heterocycles. The van der Waals surface area contributed by atoms with Gasteiger partial charge in [-0.05, 0) is 17.7 Å². The number of aliphatic carboxylic acids is 1. The van der Waals surface area contributed by atoms with Gasteiger partial charge in [0.2, 0.25) is 11.7 Å². The number of carboxylic acid groups (broad SMARTS) is 1. The minimum Gasteiger partial charge on any atom is -0.485 e. The van der Waals surface area contributed by atoms with Crippen molar-refractivity contribution in [1.82, 2.24) is 10.1 Å². The second-order valence-corrected chi connectivity index (χ2v) is 4.71. The fraction of sp³-hybridized carbons (Fsp3) is 0.357. The Morgan fingerprint density at radius 2 is 2.25 bits per heavy atom. The number of carboxylic acids is 1. The standard InChI is InChI=1S/C14H16N2O4/c1-9(2)14-15-12(16-20-14)8-19-11-5-3-4-10(6-11)7-13(17)18/h3-6,9H,7-8H2,1-2H3,(H,17,18). The average Bonchev–Trinajstić information content (AvgIpc) is 2.85. The lowest BCUT2D eigenvalue weighted by Crippen LogP contribution is -2.01. The lowest BCUT2D eigenvalue weighted by atomic mass is 10.1. The van der Waals surface area contributed by atoms with Gasteiger partial charge in [0.15, 0.2) is 6.61 Å². The maximum atomic E-state index is 10.7. The van der Waals surface area contributed by atoms with Gasteiger partial charge in [0.25, 0.3) is 0 Å². The molecular weight excluding hydrogens is 260 g/mol. The topological polar surface area (TPSA) is 85.5 Å². The number of nitrogens with zero attached hydrogens (tertiary/aromatic N) is 2. The first kappa shape index (κ1) is 14.0. The smallest absolute Gasteiger partial charge is 0.307 e. The average molecular weight is 276 g/mol. The highest BCUT2D eigenvalue weighted by molar-refractivity contribution is 5.70. The first-order valence-electron chi connectivity index (χ1n) is 6.30. The van der Waals surface area contributed by atoms with E-state index in [4.69, 9.17) is 14.4 Å². The first-order chi connectivity index (χ1) is 9.54. The quantitative estimate of drug-likeness (QED) is 0.872. The van der Waals surface area contributed by atoms with Crippen molar-refractivity contribution < 1.29 is 19.2 Å². The van der Waals surface area contributed by atoms with Crippen molar-refractivity contribution in [1.29, 1.82) is 0 Å². The molecule has 0 saturated heterocycles. The van der Waals surface area contributed by atoms with Gasteiger partial charge in [-0.15, -0.1) is 0 Å². The molecule has 0 spiro atoms. The van der Waals surface area contributed by atoms with Crippen LogP contribution in [0.1, 0.15) is 37.0 Å². The zero-order valence-corrected chi connectivity index (χ0v) is 11.4. The fourth-order valence-electron chi connectivity index (χ4n) is 1.63. The third-order valence-electron chi connectivity index (χ3n) is 2.60. The number of carbonyl (C=O) groups is 1. The van der Waals surface area contributed by atoms with Crippen molar-refractivity contribution in [3.05, 3.63) is 41.5 Å². The van der Waals surface area contributed by atoms with Crippen LogP contribution in [0.15, 0.2) is 28.8 Å². The Hall–Kier alpha value is -2.37. The molecule has 2 aromatic rings. The second kappa shape index (κ2) is 6.18. The molecule has 0 atom stereocenters. The van der Waals surface area contributed by atoms with Crippen molar-refractivity contribution in [2.24, 2.45) is 0 Å². The van der Waals surface area contributed by atoms with E-state index >= 15 is 0 Å². The molecule has 6 nitrogen and oxygen atoms in total. The van der Waals surface area contributed by atoms with Gasteiger partial charge < -0.3 is 14.4 Å². The highest BCUT2D eigenvalue weighted by Crippen LogP contribution is 2.16. The molecule has 0 aliphatic rings. The minimum absolute atomic E-state index is 0.0308. The van der Waals surface area contributed by atoms with Gasteiger partial charge in [-0.2, -0.15) is 4.98 Å². The van der Waals surface area contributed by atoms with Gasteiger partial charge in [-0.3, -0.25) is 4.79 Å². The zero-order chi connectivity index (χ0) is 14.5. The predicted octanol–water partition coefficient (Wildman–Crippen LogP) is 2.40. The van der Waals surface area contributed by atoms with Crippen LogP contribution < -0.4 is 4.74 Å². The summed E-state index contributed by atoms with van der Waals surface area (Å²) in [5.74, 6) is 0.928. The maximum absolute atomic E-state index is 10.7. The zero-order valence-electron chi connectivity index (χ0n) is 11.4. The lowest BCUT2D eigenvalue weighted by molar-refractivity contribution is -0.136. The molecule has 1 heterocycles. The number of hydrogen-bond donors (Lipinski definition) is 1. The summed E-state index contributed by atoms with van der Waals surface area (Å²) < 4.78 is 10.6. The van der Waals surface area contributed by atoms with Crippen molar-refractivity contribution in [3.63, 3.8) is 0 Å². The summed E-state index contributed by atoms with van der Waals surface area (Å²) in [5, 5.41) is 12.6. The van der Waals surface area contributed by atoms with Crippen molar-refractivity contribution in [2.45, 2.75) is 32.8 Å². The molecular formula is C14H16N2O4. The summed E-state index contributed by atoms with van der Waals surface area (Å²) in [6.07, 6.45) is -0.0308. The molecule has 106 valence electrons. The maximum Gasteiger partial charge on any atom is 0.307 e. The molecule has 1 aromatic carbocycles. The normalized spacial score (nSPS) is 10.8. The van der Waals surface area contributed by atoms with Crippen LogP contribution in [0.25, 0.3) is 0 Å². The minimum atomic E-state index is -0.873. The molecule has 0 aliphatic carbocycles. The molecule has 20 heavy (non-hydrogen) atoms. The Balaban J connectivity index is 1.97. The van der Waals surface area contributed by atoms with E-state index in [9.17, 15) is 4.79 Å². The third-order valence-corrected chi connectivity index (χ3v) is 2.60. The molecule has 0 saturated carbocycles. The van der Waals surface area contributed by atoms with Crippen LogP contribution in [0.5, 0.6) is 5.75 Å². The molecule has 0 aliphatic heterocycles. The van der Waals surface area contributed by atoms with Crippen LogP contribution >= 0.6 is 0 Å². The first-order valence-corrected chi connectivity index (χ1v) is 6.30. The molecule has 6 heteroatoms. The third kappa shape index (κ3) is 3.81. The molecule has 0 bridgehead atoms. The van der Waals surface area contributed by atoms with Crippen LogP contribution in [-0.4, -0.2) is 21.2 Å². The Morgan fingerprint density at radius 1 is 1.45 bits per heavy atom. The number of rotatable bonds is 6. The lowest BCUT2D eigenvalue weighted by Gasteiger charge is -2.04. The molecule has 0 radical (unpaired) electrons.